The molecule has 0 saturated heterocycles. The Hall–Kier alpha value is -1.76. The smallest absolute Gasteiger partial charge is 0.236 e. The second-order valence-electron chi connectivity index (χ2n) is 5.81. The van der Waals surface area contributed by atoms with Gasteiger partial charge in [-0.25, -0.2) is 8.42 Å². The molecule has 0 aromatic heterocycles. The number of aliphatic imine (C=N–C) groups is 1. The minimum atomic E-state index is -3.34. The van der Waals surface area contributed by atoms with Gasteiger partial charge in [0.25, 0.3) is 0 Å². The van der Waals surface area contributed by atoms with Gasteiger partial charge in [0.1, 0.15) is 0 Å². The van der Waals surface area contributed by atoms with E-state index < -0.39 is 10.0 Å². The Balaban J connectivity index is 1.92. The van der Waals surface area contributed by atoms with Crippen LogP contribution in [0.25, 0.3) is 0 Å². The van der Waals surface area contributed by atoms with E-state index in [9.17, 15) is 8.42 Å². The number of nitrogens with one attached hydrogen (secondary N) is 1. The quantitative estimate of drug-likeness (QED) is 0.602. The molecule has 2 rings (SSSR count). The van der Waals surface area contributed by atoms with E-state index in [1.165, 1.54) is 4.31 Å². The van der Waals surface area contributed by atoms with Crippen molar-refractivity contribution in [2.24, 2.45) is 16.6 Å². The summed E-state index contributed by atoms with van der Waals surface area (Å²) in [7, 11) is -3.34. The molecule has 1 aromatic rings. The molecule has 1 aliphatic heterocycles. The molecule has 0 bridgehead atoms. The predicted octanol–water partition coefficient (Wildman–Crippen LogP) is 0.939. The molecule has 0 spiro atoms. The molecule has 22 heavy (non-hydrogen) atoms. The van der Waals surface area contributed by atoms with E-state index in [0.717, 1.165) is 17.7 Å². The molecule has 6 nitrogen and oxygen atoms in total. The number of rotatable bonds is 6. The molecule has 0 atom stereocenters. The van der Waals surface area contributed by atoms with Gasteiger partial charge in [-0.2, -0.15) is 0 Å². The van der Waals surface area contributed by atoms with Crippen LogP contribution < -0.4 is 15.4 Å². The van der Waals surface area contributed by atoms with Gasteiger partial charge in [-0.15, -0.1) is 0 Å². The van der Waals surface area contributed by atoms with Crippen LogP contribution in [0.15, 0.2) is 29.3 Å². The molecular weight excluding hydrogens is 300 g/mol. The number of para-hydroxylation sites is 1. The minimum Gasteiger partial charge on any atom is -0.370 e. The number of hydrogen-bond acceptors (Lipinski definition) is 3. The zero-order valence-electron chi connectivity index (χ0n) is 13.1. The zero-order valence-corrected chi connectivity index (χ0v) is 13.9. The molecule has 0 saturated carbocycles. The Morgan fingerprint density at radius 1 is 1.41 bits per heavy atom. The molecule has 0 fully saturated rings. The van der Waals surface area contributed by atoms with Gasteiger partial charge < -0.3 is 11.1 Å². The Labute approximate surface area is 132 Å². The third-order valence-corrected chi connectivity index (χ3v) is 5.24. The molecule has 0 amide bonds. The number of nitrogens with zero attached hydrogens (tertiary/aromatic N) is 2. The highest BCUT2D eigenvalue weighted by molar-refractivity contribution is 7.92. The summed E-state index contributed by atoms with van der Waals surface area (Å²) in [6, 6.07) is 7.62. The van der Waals surface area contributed by atoms with Crippen LogP contribution in [0.5, 0.6) is 0 Å². The number of nitrogens with two attached hydrogens (primary N) is 1. The van der Waals surface area contributed by atoms with Crippen molar-refractivity contribution in [2.45, 2.75) is 20.3 Å². The molecule has 1 aromatic carbocycles. The summed E-state index contributed by atoms with van der Waals surface area (Å²) in [5.41, 5.74) is 7.59. The van der Waals surface area contributed by atoms with Gasteiger partial charge in [0.2, 0.25) is 10.0 Å². The van der Waals surface area contributed by atoms with Crippen LogP contribution in [-0.2, 0) is 16.4 Å². The lowest BCUT2D eigenvalue weighted by atomic mass is 10.2. The van der Waals surface area contributed by atoms with Crippen LogP contribution in [0.1, 0.15) is 19.4 Å². The van der Waals surface area contributed by atoms with Crippen LogP contribution in [0.4, 0.5) is 5.69 Å². The van der Waals surface area contributed by atoms with Crippen molar-refractivity contribution in [1.82, 2.24) is 5.32 Å². The van der Waals surface area contributed by atoms with Gasteiger partial charge in [-0.3, -0.25) is 9.30 Å². The summed E-state index contributed by atoms with van der Waals surface area (Å²) in [6.07, 6.45) is 0.765. The fourth-order valence-corrected chi connectivity index (χ4v) is 3.78. The van der Waals surface area contributed by atoms with Gasteiger partial charge in [0.05, 0.1) is 11.4 Å². The fraction of sp³-hybridized carbons (Fsp3) is 0.533. The van der Waals surface area contributed by atoms with Crippen LogP contribution in [0, 0.1) is 5.92 Å². The highest BCUT2D eigenvalue weighted by Gasteiger charge is 2.28. The monoisotopic (exact) mass is 324 g/mol. The molecule has 0 aliphatic carbocycles. The zero-order chi connectivity index (χ0) is 16.2. The first kappa shape index (κ1) is 16.6. The molecule has 1 heterocycles. The van der Waals surface area contributed by atoms with Crippen molar-refractivity contribution in [3.63, 3.8) is 0 Å². The van der Waals surface area contributed by atoms with Crippen molar-refractivity contribution >= 4 is 21.7 Å². The lowest BCUT2D eigenvalue weighted by Crippen LogP contribution is -2.39. The molecule has 3 N–H and O–H groups in total. The number of anilines is 1. The lowest BCUT2D eigenvalue weighted by Gasteiger charge is -2.19. The van der Waals surface area contributed by atoms with Gasteiger partial charge in [0.15, 0.2) is 5.96 Å². The van der Waals surface area contributed by atoms with E-state index in [-0.39, 0.29) is 12.3 Å². The molecule has 7 heteroatoms. The Bertz CT molecular complexity index is 641. The third kappa shape index (κ3) is 4.13. The van der Waals surface area contributed by atoms with E-state index in [0.29, 0.717) is 25.0 Å². The summed E-state index contributed by atoms with van der Waals surface area (Å²) in [6.45, 7) is 5.50. The fourth-order valence-electron chi connectivity index (χ4n) is 2.35. The summed E-state index contributed by atoms with van der Waals surface area (Å²) >= 11 is 0. The first-order valence-corrected chi connectivity index (χ1v) is 9.13. The van der Waals surface area contributed by atoms with E-state index in [4.69, 9.17) is 5.73 Å². The maximum Gasteiger partial charge on any atom is 0.236 e. The predicted molar refractivity (Wildman–Crippen MR) is 90.6 cm³/mol. The van der Waals surface area contributed by atoms with Crippen molar-refractivity contribution in [3.05, 3.63) is 29.8 Å². The number of guanidine groups is 1. The Kier molecular flexibility index (Phi) is 5.28. The van der Waals surface area contributed by atoms with Gasteiger partial charge >= 0.3 is 0 Å². The largest absolute Gasteiger partial charge is 0.370 e. The van der Waals surface area contributed by atoms with E-state index in [1.807, 2.05) is 38.1 Å². The summed E-state index contributed by atoms with van der Waals surface area (Å²) < 4.78 is 26.4. The third-order valence-electron chi connectivity index (χ3n) is 3.47. The van der Waals surface area contributed by atoms with Gasteiger partial charge in [0, 0.05) is 19.6 Å². The Morgan fingerprint density at radius 2 is 2.14 bits per heavy atom. The van der Waals surface area contributed by atoms with Crippen molar-refractivity contribution in [3.8, 4) is 0 Å². The molecular formula is C15H24N4O2S. The second kappa shape index (κ2) is 7.00. The average Bonchev–Trinajstić information content (AvgIpc) is 2.89. The van der Waals surface area contributed by atoms with Crippen molar-refractivity contribution in [1.29, 1.82) is 0 Å². The van der Waals surface area contributed by atoms with Crippen LogP contribution in [-0.4, -0.2) is 39.8 Å². The van der Waals surface area contributed by atoms with E-state index >= 15 is 0 Å². The summed E-state index contributed by atoms with van der Waals surface area (Å²) in [4.78, 5) is 4.15. The minimum absolute atomic E-state index is 0.000761. The first-order valence-electron chi connectivity index (χ1n) is 7.52. The normalized spacial score (nSPS) is 15.2. The van der Waals surface area contributed by atoms with E-state index in [1.54, 1.807) is 0 Å². The topological polar surface area (TPSA) is 87.8 Å². The maximum atomic E-state index is 12.4. The molecule has 0 unspecified atom stereocenters. The van der Waals surface area contributed by atoms with Gasteiger partial charge in [-0.05, 0) is 24.0 Å². The van der Waals surface area contributed by atoms with Crippen LogP contribution in [0.2, 0.25) is 0 Å². The highest BCUT2D eigenvalue weighted by Crippen LogP contribution is 2.29. The SMILES string of the molecule is CC(C)CN=C(N)NCCS(=O)(=O)N1CCc2ccccc21. The molecule has 0 radical (unpaired) electrons. The van der Waals surface area contributed by atoms with Crippen LogP contribution >= 0.6 is 0 Å². The number of fused-ring (bicyclic) bond motifs is 1. The summed E-state index contributed by atoms with van der Waals surface area (Å²) in [5, 5.41) is 2.86. The number of benzene rings is 1. The second-order valence-corrected chi connectivity index (χ2v) is 7.83. The highest BCUT2D eigenvalue weighted by atomic mass is 32.2. The lowest BCUT2D eigenvalue weighted by molar-refractivity contribution is 0.591. The van der Waals surface area contributed by atoms with Crippen molar-refractivity contribution in [2.75, 3.05) is 29.7 Å². The number of hydrogen-bond donors (Lipinski definition) is 2. The van der Waals surface area contributed by atoms with Crippen LogP contribution in [0.3, 0.4) is 0 Å². The first-order chi connectivity index (χ1) is 10.4. The standard InChI is InChI=1S/C15H24N4O2S/c1-12(2)11-18-15(16)17-8-10-22(20,21)19-9-7-13-5-3-4-6-14(13)19/h3-6,12H,7-11H2,1-2H3,(H3,16,17,18). The average molecular weight is 324 g/mol. The Morgan fingerprint density at radius 3 is 2.86 bits per heavy atom. The van der Waals surface area contributed by atoms with Crippen molar-refractivity contribution < 1.29 is 8.42 Å². The maximum absolute atomic E-state index is 12.4. The van der Waals surface area contributed by atoms with Gasteiger partial charge in [-0.1, -0.05) is 32.0 Å². The number of sulfonamides is 1. The van der Waals surface area contributed by atoms with E-state index in [2.05, 4.69) is 10.3 Å². The molecule has 122 valence electrons. The molecule has 1 aliphatic rings. The summed E-state index contributed by atoms with van der Waals surface area (Å²) in [5.74, 6) is 0.718.